The van der Waals surface area contributed by atoms with Crippen LogP contribution in [0.25, 0.3) is 0 Å². The first-order valence-corrected chi connectivity index (χ1v) is 6.48. The number of benzene rings is 1. The van der Waals surface area contributed by atoms with Crippen LogP contribution < -0.4 is 0 Å². The highest BCUT2D eigenvalue weighted by Gasteiger charge is 2.64. The third-order valence-electron chi connectivity index (χ3n) is 4.03. The molecule has 0 radical (unpaired) electrons. The molecule has 1 aliphatic heterocycles. The molecule has 1 aromatic rings. The van der Waals surface area contributed by atoms with E-state index in [4.69, 9.17) is 9.57 Å². The molecule has 3 atom stereocenters. The molecule has 0 aromatic heterocycles. The number of fused-ring (bicyclic) bond motifs is 1. The number of oxime groups is 1. The van der Waals surface area contributed by atoms with Crippen LogP contribution in [0.3, 0.4) is 0 Å². The van der Waals surface area contributed by atoms with Crippen molar-refractivity contribution in [1.82, 2.24) is 0 Å². The molecule has 112 valence electrons. The monoisotopic (exact) mass is 297 g/mol. The van der Waals surface area contributed by atoms with E-state index in [0.717, 1.165) is 18.2 Å². The number of nitrogens with zero attached hydrogens (tertiary/aromatic N) is 1. The van der Waals surface area contributed by atoms with Gasteiger partial charge in [0.2, 0.25) is 0 Å². The number of hydrogen-bond donors (Lipinski definition) is 1. The van der Waals surface area contributed by atoms with E-state index in [-0.39, 0.29) is 11.3 Å². The van der Waals surface area contributed by atoms with Crippen LogP contribution in [0, 0.1) is 17.6 Å². The van der Waals surface area contributed by atoms with Gasteiger partial charge in [0, 0.05) is 11.6 Å². The van der Waals surface area contributed by atoms with E-state index in [2.05, 4.69) is 5.16 Å². The van der Waals surface area contributed by atoms with Crippen molar-refractivity contribution in [3.63, 3.8) is 0 Å². The highest BCUT2D eigenvalue weighted by molar-refractivity contribution is 6.07. The smallest absolute Gasteiger partial charge is 0.356 e. The van der Waals surface area contributed by atoms with E-state index in [1.165, 1.54) is 7.11 Å². The molecule has 0 amide bonds. The fourth-order valence-electron chi connectivity index (χ4n) is 3.07. The van der Waals surface area contributed by atoms with Crippen LogP contribution in [0.4, 0.5) is 8.78 Å². The molecular weight excluding hydrogens is 284 g/mol. The summed E-state index contributed by atoms with van der Waals surface area (Å²) in [4.78, 5) is 17.2. The van der Waals surface area contributed by atoms with Crippen molar-refractivity contribution in [2.75, 3.05) is 7.11 Å². The highest BCUT2D eigenvalue weighted by Crippen LogP contribution is 2.46. The zero-order chi connectivity index (χ0) is 15.2. The van der Waals surface area contributed by atoms with Gasteiger partial charge in [0.15, 0.2) is 0 Å². The van der Waals surface area contributed by atoms with Gasteiger partial charge >= 0.3 is 5.97 Å². The largest absolute Gasteiger partial charge is 0.466 e. The van der Waals surface area contributed by atoms with Crippen molar-refractivity contribution < 1.29 is 28.3 Å². The number of hydrogen-bond acceptors (Lipinski definition) is 5. The first kappa shape index (κ1) is 13.9. The van der Waals surface area contributed by atoms with Gasteiger partial charge in [-0.3, -0.25) is 0 Å². The predicted octanol–water partition coefficient (Wildman–Crippen LogP) is 1.38. The molecule has 1 N–H and O–H groups in total. The molecule has 7 heteroatoms. The Labute approximate surface area is 119 Å². The van der Waals surface area contributed by atoms with E-state index >= 15 is 0 Å². The van der Waals surface area contributed by atoms with Gasteiger partial charge in [-0.25, -0.2) is 13.6 Å². The Kier molecular flexibility index (Phi) is 3.16. The number of aliphatic hydroxyl groups is 1. The standard InChI is InChI=1S/C14H13F2NO4/c1-20-13(19)14-10(2-3-11(14)18)12(17-21-14)7-4-8(15)6-9(16)5-7/h4-6,10-11,18H,2-3H2,1H3. The van der Waals surface area contributed by atoms with Crippen molar-refractivity contribution >= 4 is 11.7 Å². The minimum Gasteiger partial charge on any atom is -0.466 e. The Balaban J connectivity index is 2.02. The van der Waals surface area contributed by atoms with Gasteiger partial charge < -0.3 is 14.7 Å². The quantitative estimate of drug-likeness (QED) is 0.837. The minimum atomic E-state index is -1.62. The maximum absolute atomic E-state index is 13.3. The van der Waals surface area contributed by atoms with E-state index < -0.39 is 35.2 Å². The van der Waals surface area contributed by atoms with Crippen LogP contribution in [-0.4, -0.2) is 35.6 Å². The van der Waals surface area contributed by atoms with Crippen molar-refractivity contribution in [3.8, 4) is 0 Å². The molecule has 0 spiro atoms. The Morgan fingerprint density at radius 1 is 1.38 bits per heavy atom. The molecule has 1 fully saturated rings. The Bertz CT molecular complexity index is 613. The number of ether oxygens (including phenoxy) is 1. The van der Waals surface area contributed by atoms with E-state index in [0.29, 0.717) is 12.8 Å². The molecular formula is C14H13F2NO4. The lowest BCUT2D eigenvalue weighted by molar-refractivity contribution is -0.181. The second kappa shape index (κ2) is 4.77. The summed E-state index contributed by atoms with van der Waals surface area (Å²) < 4.78 is 31.4. The Morgan fingerprint density at radius 2 is 2.05 bits per heavy atom. The van der Waals surface area contributed by atoms with Gasteiger partial charge in [-0.2, -0.15) is 0 Å². The van der Waals surface area contributed by atoms with Gasteiger partial charge in [0.25, 0.3) is 5.60 Å². The summed E-state index contributed by atoms with van der Waals surface area (Å²) in [6, 6.07) is 2.98. The molecule has 0 saturated heterocycles. The molecule has 1 heterocycles. The summed E-state index contributed by atoms with van der Waals surface area (Å²) in [6.07, 6.45) is -0.348. The van der Waals surface area contributed by atoms with Crippen LogP contribution in [0.5, 0.6) is 0 Å². The summed E-state index contributed by atoms with van der Waals surface area (Å²) in [5, 5.41) is 13.9. The van der Waals surface area contributed by atoms with Gasteiger partial charge in [-0.15, -0.1) is 0 Å². The molecule has 0 bridgehead atoms. The zero-order valence-corrected chi connectivity index (χ0v) is 11.2. The van der Waals surface area contributed by atoms with Crippen LogP contribution in [0.2, 0.25) is 0 Å². The van der Waals surface area contributed by atoms with Gasteiger partial charge in [0.1, 0.15) is 17.7 Å². The first-order chi connectivity index (χ1) is 9.99. The lowest BCUT2D eigenvalue weighted by Gasteiger charge is -2.26. The summed E-state index contributed by atoms with van der Waals surface area (Å²) in [7, 11) is 1.18. The summed E-state index contributed by atoms with van der Waals surface area (Å²) >= 11 is 0. The molecule has 5 nitrogen and oxygen atoms in total. The lowest BCUT2D eigenvalue weighted by atomic mass is 9.84. The average molecular weight is 297 g/mol. The fourth-order valence-corrected chi connectivity index (χ4v) is 3.07. The number of esters is 1. The Hall–Kier alpha value is -2.02. The molecule has 3 rings (SSSR count). The third kappa shape index (κ3) is 1.91. The number of carbonyl (C=O) groups excluding carboxylic acids is 1. The Morgan fingerprint density at radius 3 is 2.67 bits per heavy atom. The lowest BCUT2D eigenvalue weighted by Crippen LogP contribution is -2.51. The summed E-state index contributed by atoms with van der Waals surface area (Å²) in [6.45, 7) is 0. The number of rotatable bonds is 2. The number of methoxy groups -OCH3 is 1. The second-order valence-corrected chi connectivity index (χ2v) is 5.16. The van der Waals surface area contributed by atoms with Crippen LogP contribution in [-0.2, 0) is 14.4 Å². The topological polar surface area (TPSA) is 68.1 Å². The van der Waals surface area contributed by atoms with Crippen molar-refractivity contribution in [2.45, 2.75) is 24.5 Å². The average Bonchev–Trinajstić information content (AvgIpc) is 2.96. The van der Waals surface area contributed by atoms with Crippen LogP contribution in [0.1, 0.15) is 18.4 Å². The predicted molar refractivity (Wildman–Crippen MR) is 67.5 cm³/mol. The number of halogens is 2. The molecule has 1 aliphatic carbocycles. The third-order valence-corrected chi connectivity index (χ3v) is 4.03. The van der Waals surface area contributed by atoms with Crippen molar-refractivity contribution in [2.24, 2.45) is 11.1 Å². The molecule has 3 unspecified atom stereocenters. The molecule has 21 heavy (non-hydrogen) atoms. The normalized spacial score (nSPS) is 30.6. The summed E-state index contributed by atoms with van der Waals surface area (Å²) in [5.41, 5.74) is -1.18. The van der Waals surface area contributed by atoms with Crippen LogP contribution in [0.15, 0.2) is 23.4 Å². The number of carbonyl (C=O) groups is 1. The first-order valence-electron chi connectivity index (χ1n) is 6.48. The van der Waals surface area contributed by atoms with E-state index in [9.17, 15) is 18.7 Å². The fraction of sp³-hybridized carbons (Fsp3) is 0.429. The van der Waals surface area contributed by atoms with Gasteiger partial charge in [-0.05, 0) is 25.0 Å². The van der Waals surface area contributed by atoms with Gasteiger partial charge in [-0.1, -0.05) is 5.16 Å². The second-order valence-electron chi connectivity index (χ2n) is 5.16. The maximum Gasteiger partial charge on any atom is 0.356 e. The SMILES string of the molecule is COC(=O)C12ON=C(c3cc(F)cc(F)c3)C1CCC2O. The maximum atomic E-state index is 13.3. The highest BCUT2D eigenvalue weighted by atomic mass is 19.1. The summed E-state index contributed by atoms with van der Waals surface area (Å²) in [5.74, 6) is -2.84. The van der Waals surface area contributed by atoms with Crippen LogP contribution >= 0.6 is 0 Å². The van der Waals surface area contributed by atoms with Gasteiger partial charge in [0.05, 0.1) is 18.7 Å². The van der Waals surface area contributed by atoms with E-state index in [1.807, 2.05) is 0 Å². The van der Waals surface area contributed by atoms with Crippen molar-refractivity contribution in [3.05, 3.63) is 35.4 Å². The molecule has 1 saturated carbocycles. The zero-order valence-electron chi connectivity index (χ0n) is 11.2. The van der Waals surface area contributed by atoms with E-state index in [1.54, 1.807) is 0 Å². The number of aliphatic hydroxyl groups excluding tert-OH is 1. The molecule has 2 aliphatic rings. The minimum absolute atomic E-state index is 0.192. The molecule has 1 aromatic carbocycles. The van der Waals surface area contributed by atoms with Crippen molar-refractivity contribution in [1.29, 1.82) is 0 Å².